The molecule has 160 valence electrons. The summed E-state index contributed by atoms with van der Waals surface area (Å²) < 4.78 is 29.6. The van der Waals surface area contributed by atoms with Crippen LogP contribution in [0.1, 0.15) is 28.4 Å². The van der Waals surface area contributed by atoms with Gasteiger partial charge >= 0.3 is 0 Å². The normalized spacial score (nSPS) is 10.7. The summed E-state index contributed by atoms with van der Waals surface area (Å²) in [7, 11) is 1.56. The van der Waals surface area contributed by atoms with E-state index in [4.69, 9.17) is 14.2 Å². The molecule has 3 rings (SSSR count). The average Bonchev–Trinajstić information content (AvgIpc) is 2.80. The number of carbonyl (C=O) groups excluding carboxylic acids is 1. The molecular formula is C24H23FN2O4. The Labute approximate surface area is 180 Å². The molecule has 1 N–H and O–H groups in total. The number of nitrogens with zero attached hydrogens (tertiary/aromatic N) is 1. The Bertz CT molecular complexity index is 1030. The number of amides is 1. The van der Waals surface area contributed by atoms with Gasteiger partial charge in [0.25, 0.3) is 5.91 Å². The van der Waals surface area contributed by atoms with Gasteiger partial charge in [-0.25, -0.2) is 9.82 Å². The van der Waals surface area contributed by atoms with Crippen molar-refractivity contribution in [1.82, 2.24) is 5.43 Å². The van der Waals surface area contributed by atoms with Gasteiger partial charge < -0.3 is 14.2 Å². The van der Waals surface area contributed by atoms with Crippen LogP contribution in [-0.2, 0) is 6.61 Å². The van der Waals surface area contributed by atoms with Crippen molar-refractivity contribution in [3.05, 3.63) is 89.2 Å². The van der Waals surface area contributed by atoms with Crippen molar-refractivity contribution in [2.24, 2.45) is 5.10 Å². The van der Waals surface area contributed by atoms with Gasteiger partial charge in [0, 0.05) is 5.56 Å². The van der Waals surface area contributed by atoms with Crippen LogP contribution in [0.25, 0.3) is 0 Å². The van der Waals surface area contributed by atoms with Crippen LogP contribution >= 0.6 is 0 Å². The Morgan fingerprint density at radius 1 is 1.00 bits per heavy atom. The van der Waals surface area contributed by atoms with Crippen LogP contribution < -0.4 is 19.6 Å². The third-order valence-corrected chi connectivity index (χ3v) is 4.31. The molecule has 7 heteroatoms. The molecule has 0 aliphatic heterocycles. The minimum atomic E-state index is -0.330. The summed E-state index contributed by atoms with van der Waals surface area (Å²) in [4.78, 5) is 12.2. The quantitative estimate of drug-likeness (QED) is 0.405. The highest BCUT2D eigenvalue weighted by molar-refractivity contribution is 5.95. The van der Waals surface area contributed by atoms with E-state index >= 15 is 0 Å². The SMILES string of the molecule is CCOc1cc(C=NNC(=O)c2ccc(OC)cc2)ccc1OCc1ccc(F)cc1. The number of hydrogen-bond donors (Lipinski definition) is 1. The zero-order chi connectivity index (χ0) is 22.1. The Morgan fingerprint density at radius 3 is 2.42 bits per heavy atom. The zero-order valence-electron chi connectivity index (χ0n) is 17.3. The molecule has 0 fully saturated rings. The van der Waals surface area contributed by atoms with Crippen LogP contribution in [0.5, 0.6) is 17.2 Å². The molecule has 0 saturated heterocycles. The fourth-order valence-corrected chi connectivity index (χ4v) is 2.71. The smallest absolute Gasteiger partial charge is 0.271 e. The van der Waals surface area contributed by atoms with Gasteiger partial charge in [-0.2, -0.15) is 5.10 Å². The first-order valence-electron chi connectivity index (χ1n) is 9.70. The van der Waals surface area contributed by atoms with Gasteiger partial charge in [0.05, 0.1) is 19.9 Å². The lowest BCUT2D eigenvalue weighted by atomic mass is 10.2. The third-order valence-electron chi connectivity index (χ3n) is 4.31. The lowest BCUT2D eigenvalue weighted by molar-refractivity contribution is 0.0955. The van der Waals surface area contributed by atoms with Crippen molar-refractivity contribution in [1.29, 1.82) is 0 Å². The lowest BCUT2D eigenvalue weighted by Crippen LogP contribution is -2.17. The van der Waals surface area contributed by atoms with Gasteiger partial charge in [-0.15, -0.1) is 0 Å². The second-order valence-electron chi connectivity index (χ2n) is 6.48. The van der Waals surface area contributed by atoms with Crippen LogP contribution in [0.15, 0.2) is 71.8 Å². The van der Waals surface area contributed by atoms with E-state index in [1.54, 1.807) is 61.7 Å². The number of rotatable bonds is 9. The molecule has 0 spiro atoms. The molecule has 3 aromatic rings. The first-order chi connectivity index (χ1) is 15.1. The Hall–Kier alpha value is -3.87. The van der Waals surface area contributed by atoms with Crippen molar-refractivity contribution in [3.8, 4) is 17.2 Å². The summed E-state index contributed by atoms with van der Waals surface area (Å²) in [5, 5.41) is 4.01. The van der Waals surface area contributed by atoms with E-state index in [1.165, 1.54) is 18.3 Å². The lowest BCUT2D eigenvalue weighted by Gasteiger charge is -2.12. The van der Waals surface area contributed by atoms with Crippen molar-refractivity contribution >= 4 is 12.1 Å². The van der Waals surface area contributed by atoms with Gasteiger partial charge in [0.1, 0.15) is 18.2 Å². The van der Waals surface area contributed by atoms with E-state index in [0.717, 1.165) is 11.1 Å². The standard InChI is InChI=1S/C24H23FN2O4/c1-3-30-23-14-18(6-13-22(23)31-16-17-4-9-20(25)10-5-17)15-26-27-24(28)19-7-11-21(29-2)12-8-19/h4-15H,3,16H2,1-2H3,(H,27,28). The van der Waals surface area contributed by atoms with Gasteiger partial charge in [-0.1, -0.05) is 12.1 Å². The Balaban J connectivity index is 1.63. The zero-order valence-corrected chi connectivity index (χ0v) is 17.3. The molecule has 31 heavy (non-hydrogen) atoms. The maximum atomic E-state index is 13.0. The average molecular weight is 422 g/mol. The monoisotopic (exact) mass is 422 g/mol. The molecule has 0 saturated carbocycles. The number of hydrogen-bond acceptors (Lipinski definition) is 5. The van der Waals surface area contributed by atoms with Crippen LogP contribution in [0.3, 0.4) is 0 Å². The number of ether oxygens (including phenoxy) is 3. The van der Waals surface area contributed by atoms with Gasteiger partial charge in [-0.05, 0) is 72.6 Å². The molecule has 6 nitrogen and oxygen atoms in total. The summed E-state index contributed by atoms with van der Waals surface area (Å²) in [6.45, 7) is 2.62. The molecule has 3 aromatic carbocycles. The van der Waals surface area contributed by atoms with E-state index < -0.39 is 0 Å². The van der Waals surface area contributed by atoms with E-state index in [9.17, 15) is 9.18 Å². The molecular weight excluding hydrogens is 399 g/mol. The third kappa shape index (κ3) is 6.30. The molecule has 0 heterocycles. The minimum Gasteiger partial charge on any atom is -0.497 e. The van der Waals surface area contributed by atoms with Crippen LogP contribution in [0.4, 0.5) is 4.39 Å². The molecule has 0 radical (unpaired) electrons. The van der Waals surface area contributed by atoms with Crippen LogP contribution in [0, 0.1) is 5.82 Å². The van der Waals surface area contributed by atoms with Crippen molar-refractivity contribution in [2.45, 2.75) is 13.5 Å². The summed E-state index contributed by atoms with van der Waals surface area (Å²) in [5.74, 6) is 1.16. The van der Waals surface area contributed by atoms with Gasteiger partial charge in [-0.3, -0.25) is 4.79 Å². The predicted octanol–water partition coefficient (Wildman–Crippen LogP) is 4.58. The maximum absolute atomic E-state index is 13.0. The topological polar surface area (TPSA) is 69.2 Å². The summed E-state index contributed by atoms with van der Waals surface area (Å²) in [6.07, 6.45) is 1.52. The predicted molar refractivity (Wildman–Crippen MR) is 116 cm³/mol. The summed E-state index contributed by atoms with van der Waals surface area (Å²) >= 11 is 0. The number of carbonyl (C=O) groups is 1. The van der Waals surface area contributed by atoms with E-state index in [2.05, 4.69) is 10.5 Å². The first-order valence-corrected chi connectivity index (χ1v) is 9.70. The molecule has 0 unspecified atom stereocenters. The molecule has 0 aliphatic carbocycles. The highest BCUT2D eigenvalue weighted by Gasteiger charge is 2.08. The number of nitrogens with one attached hydrogen (secondary N) is 1. The van der Waals surface area contributed by atoms with Gasteiger partial charge in [0.15, 0.2) is 11.5 Å². The minimum absolute atomic E-state index is 0.283. The maximum Gasteiger partial charge on any atom is 0.271 e. The molecule has 0 bridgehead atoms. The van der Waals surface area contributed by atoms with E-state index in [1.807, 2.05) is 6.92 Å². The fourth-order valence-electron chi connectivity index (χ4n) is 2.71. The molecule has 0 aromatic heterocycles. The van der Waals surface area contributed by atoms with Crippen molar-refractivity contribution < 1.29 is 23.4 Å². The Morgan fingerprint density at radius 2 is 1.74 bits per heavy atom. The summed E-state index contributed by atoms with van der Waals surface area (Å²) in [6, 6.07) is 18.2. The fraction of sp³-hybridized carbons (Fsp3) is 0.167. The second-order valence-corrected chi connectivity index (χ2v) is 6.48. The largest absolute Gasteiger partial charge is 0.497 e. The number of halogens is 1. The number of benzene rings is 3. The number of hydrazone groups is 1. The second kappa shape index (κ2) is 10.8. The first kappa shape index (κ1) is 21.8. The highest BCUT2D eigenvalue weighted by atomic mass is 19.1. The van der Waals surface area contributed by atoms with E-state index in [0.29, 0.717) is 29.4 Å². The highest BCUT2D eigenvalue weighted by Crippen LogP contribution is 2.29. The van der Waals surface area contributed by atoms with E-state index in [-0.39, 0.29) is 18.3 Å². The summed E-state index contributed by atoms with van der Waals surface area (Å²) in [5.41, 5.74) is 4.53. The van der Waals surface area contributed by atoms with Crippen molar-refractivity contribution in [2.75, 3.05) is 13.7 Å². The van der Waals surface area contributed by atoms with Crippen LogP contribution in [0.2, 0.25) is 0 Å². The Kier molecular flexibility index (Phi) is 7.59. The number of methoxy groups -OCH3 is 1. The van der Waals surface area contributed by atoms with Crippen molar-refractivity contribution in [3.63, 3.8) is 0 Å². The van der Waals surface area contributed by atoms with Gasteiger partial charge in [0.2, 0.25) is 0 Å². The molecule has 1 amide bonds. The molecule has 0 atom stereocenters. The van der Waals surface area contributed by atoms with Crippen LogP contribution in [-0.4, -0.2) is 25.8 Å². The molecule has 0 aliphatic rings.